The molecule has 0 saturated carbocycles. The van der Waals surface area contributed by atoms with Crippen molar-refractivity contribution < 1.29 is 18.0 Å². The number of aromatic nitrogens is 2. The highest BCUT2D eigenvalue weighted by Gasteiger charge is 2.28. The third-order valence-corrected chi connectivity index (χ3v) is 1.81. The molecule has 1 N–H and O–H groups in total. The molecule has 15 heavy (non-hydrogen) atoms. The van der Waals surface area contributed by atoms with Crippen molar-refractivity contribution in [2.75, 3.05) is 6.54 Å². The summed E-state index contributed by atoms with van der Waals surface area (Å²) in [6, 6.07) is -0.699. The van der Waals surface area contributed by atoms with Gasteiger partial charge in [0.1, 0.15) is 12.6 Å². The number of carbonyl (C=O) groups excluding carboxylic acids is 1. The van der Waals surface area contributed by atoms with Crippen molar-refractivity contribution in [3.05, 3.63) is 18.7 Å². The Morgan fingerprint density at radius 3 is 2.73 bits per heavy atom. The topological polar surface area (TPSA) is 46.9 Å². The van der Waals surface area contributed by atoms with Crippen LogP contribution in [0.2, 0.25) is 0 Å². The zero-order valence-electron chi connectivity index (χ0n) is 7.95. The average Bonchev–Trinajstić information content (AvgIpc) is 2.64. The van der Waals surface area contributed by atoms with E-state index in [4.69, 9.17) is 0 Å². The van der Waals surface area contributed by atoms with Crippen molar-refractivity contribution in [2.24, 2.45) is 0 Å². The van der Waals surface area contributed by atoms with Crippen LogP contribution in [0.5, 0.6) is 0 Å². The van der Waals surface area contributed by atoms with Crippen LogP contribution >= 0.6 is 0 Å². The summed E-state index contributed by atoms with van der Waals surface area (Å²) in [5.74, 6) is -0.690. The molecule has 84 valence electrons. The molecule has 0 aliphatic heterocycles. The van der Waals surface area contributed by atoms with Crippen LogP contribution in [-0.2, 0) is 4.79 Å². The summed E-state index contributed by atoms with van der Waals surface area (Å²) < 4.78 is 36.8. The average molecular weight is 221 g/mol. The zero-order valence-corrected chi connectivity index (χ0v) is 7.95. The Bertz CT molecular complexity index is 320. The molecule has 0 aromatic carbocycles. The third kappa shape index (κ3) is 3.61. The molecular weight excluding hydrogens is 211 g/mol. The minimum Gasteiger partial charge on any atom is -0.345 e. The van der Waals surface area contributed by atoms with Crippen LogP contribution in [0.4, 0.5) is 13.2 Å². The monoisotopic (exact) mass is 221 g/mol. The molecule has 0 bridgehead atoms. The fraction of sp³-hybridized carbons (Fsp3) is 0.500. The number of hydrogen-bond acceptors (Lipinski definition) is 2. The van der Waals surface area contributed by atoms with Crippen LogP contribution in [0.15, 0.2) is 18.7 Å². The quantitative estimate of drug-likeness (QED) is 0.831. The Morgan fingerprint density at radius 1 is 1.60 bits per heavy atom. The first-order valence-electron chi connectivity index (χ1n) is 4.22. The lowest BCUT2D eigenvalue weighted by atomic mass is 10.3. The minimum atomic E-state index is -4.38. The first-order chi connectivity index (χ1) is 6.90. The number of rotatable bonds is 3. The Hall–Kier alpha value is -1.53. The van der Waals surface area contributed by atoms with Gasteiger partial charge in [-0.2, -0.15) is 13.2 Å². The highest BCUT2D eigenvalue weighted by Crippen LogP contribution is 2.13. The molecule has 1 aromatic heterocycles. The molecule has 1 aromatic rings. The summed E-state index contributed by atoms with van der Waals surface area (Å²) in [4.78, 5) is 14.9. The van der Waals surface area contributed by atoms with Gasteiger partial charge in [-0.1, -0.05) is 0 Å². The van der Waals surface area contributed by atoms with E-state index >= 15 is 0 Å². The van der Waals surface area contributed by atoms with Crippen molar-refractivity contribution in [3.8, 4) is 0 Å². The lowest BCUT2D eigenvalue weighted by Crippen LogP contribution is -2.37. The maximum atomic E-state index is 11.8. The van der Waals surface area contributed by atoms with Crippen LogP contribution in [0, 0.1) is 0 Å². The SMILES string of the molecule is CC(C(=O)NCC(F)(F)F)n1ccnc1. The number of carbonyl (C=O) groups is 1. The van der Waals surface area contributed by atoms with Crippen molar-refractivity contribution in [1.82, 2.24) is 14.9 Å². The van der Waals surface area contributed by atoms with Gasteiger partial charge in [0.05, 0.1) is 6.33 Å². The number of amides is 1. The normalized spacial score (nSPS) is 13.6. The second-order valence-corrected chi connectivity index (χ2v) is 3.02. The number of halogens is 3. The summed E-state index contributed by atoms with van der Waals surface area (Å²) in [6.45, 7) is 0.179. The van der Waals surface area contributed by atoms with Gasteiger partial charge in [-0.25, -0.2) is 4.98 Å². The second kappa shape index (κ2) is 4.33. The number of imidazole rings is 1. The van der Waals surface area contributed by atoms with Gasteiger partial charge in [0.25, 0.3) is 0 Å². The number of alkyl halides is 3. The second-order valence-electron chi connectivity index (χ2n) is 3.02. The van der Waals surface area contributed by atoms with E-state index in [-0.39, 0.29) is 0 Å². The lowest BCUT2D eigenvalue weighted by molar-refractivity contribution is -0.140. The molecule has 1 amide bonds. The van der Waals surface area contributed by atoms with Crippen molar-refractivity contribution in [2.45, 2.75) is 19.1 Å². The maximum Gasteiger partial charge on any atom is 0.405 e. The fourth-order valence-electron chi connectivity index (χ4n) is 0.969. The predicted octanol–water partition coefficient (Wildman–Crippen LogP) is 1.12. The third-order valence-electron chi connectivity index (χ3n) is 1.81. The Kier molecular flexibility index (Phi) is 3.33. The van der Waals surface area contributed by atoms with E-state index in [1.807, 2.05) is 0 Å². The Balaban J connectivity index is 2.48. The van der Waals surface area contributed by atoms with E-state index in [0.29, 0.717) is 0 Å². The van der Waals surface area contributed by atoms with E-state index in [9.17, 15) is 18.0 Å². The molecule has 0 saturated heterocycles. The van der Waals surface area contributed by atoms with E-state index in [2.05, 4.69) is 4.98 Å². The Labute approximate surface area is 84.1 Å². The van der Waals surface area contributed by atoms with E-state index < -0.39 is 24.7 Å². The summed E-state index contributed by atoms with van der Waals surface area (Å²) >= 11 is 0. The van der Waals surface area contributed by atoms with Gasteiger partial charge in [-0.05, 0) is 6.92 Å². The molecule has 1 atom stereocenters. The summed E-state index contributed by atoms with van der Waals surface area (Å²) in [7, 11) is 0. The van der Waals surface area contributed by atoms with E-state index in [1.165, 1.54) is 30.2 Å². The maximum absolute atomic E-state index is 11.8. The van der Waals surface area contributed by atoms with Gasteiger partial charge in [0.15, 0.2) is 0 Å². The van der Waals surface area contributed by atoms with Crippen LogP contribution in [-0.4, -0.2) is 28.2 Å². The first-order valence-corrected chi connectivity index (χ1v) is 4.22. The molecule has 4 nitrogen and oxygen atoms in total. The van der Waals surface area contributed by atoms with Crippen LogP contribution in [0.1, 0.15) is 13.0 Å². The molecule has 0 radical (unpaired) electrons. The van der Waals surface area contributed by atoms with Gasteiger partial charge in [-0.3, -0.25) is 4.79 Å². The number of hydrogen-bond donors (Lipinski definition) is 1. The van der Waals surface area contributed by atoms with Gasteiger partial charge in [0, 0.05) is 12.4 Å². The van der Waals surface area contributed by atoms with Gasteiger partial charge in [0.2, 0.25) is 5.91 Å². The standard InChI is InChI=1S/C8H10F3N3O/c1-6(14-3-2-12-5-14)7(15)13-4-8(9,10)11/h2-3,5-6H,4H2,1H3,(H,13,15). The minimum absolute atomic E-state index is 0.690. The number of nitrogens with one attached hydrogen (secondary N) is 1. The van der Waals surface area contributed by atoms with Gasteiger partial charge < -0.3 is 9.88 Å². The molecular formula is C8H10F3N3O. The Morgan fingerprint density at radius 2 is 2.27 bits per heavy atom. The summed E-state index contributed by atoms with van der Waals surface area (Å²) in [5.41, 5.74) is 0. The molecule has 1 heterocycles. The molecule has 1 unspecified atom stereocenters. The fourth-order valence-corrected chi connectivity index (χ4v) is 0.969. The molecule has 1 rings (SSSR count). The molecule has 0 aliphatic rings. The van der Waals surface area contributed by atoms with Gasteiger partial charge >= 0.3 is 6.18 Å². The lowest BCUT2D eigenvalue weighted by Gasteiger charge is -2.14. The van der Waals surface area contributed by atoms with Crippen LogP contribution < -0.4 is 5.32 Å². The predicted molar refractivity (Wildman–Crippen MR) is 46.0 cm³/mol. The zero-order chi connectivity index (χ0) is 11.5. The van der Waals surface area contributed by atoms with Crippen molar-refractivity contribution in [3.63, 3.8) is 0 Å². The smallest absolute Gasteiger partial charge is 0.345 e. The molecule has 0 fully saturated rings. The highest BCUT2D eigenvalue weighted by molar-refractivity contribution is 5.79. The molecule has 0 aliphatic carbocycles. The van der Waals surface area contributed by atoms with Crippen molar-refractivity contribution in [1.29, 1.82) is 0 Å². The van der Waals surface area contributed by atoms with Crippen LogP contribution in [0.3, 0.4) is 0 Å². The van der Waals surface area contributed by atoms with Crippen LogP contribution in [0.25, 0.3) is 0 Å². The van der Waals surface area contributed by atoms with Crippen molar-refractivity contribution >= 4 is 5.91 Å². The molecule has 0 spiro atoms. The van der Waals surface area contributed by atoms with E-state index in [1.54, 1.807) is 5.32 Å². The number of nitrogens with zero attached hydrogens (tertiary/aromatic N) is 2. The van der Waals surface area contributed by atoms with E-state index in [0.717, 1.165) is 0 Å². The summed E-state index contributed by atoms with van der Waals surface area (Å²) in [6.07, 6.45) is -0.0481. The molecule has 7 heteroatoms. The largest absolute Gasteiger partial charge is 0.405 e. The summed E-state index contributed by atoms with van der Waals surface area (Å²) in [5, 5.41) is 1.80. The highest BCUT2D eigenvalue weighted by atomic mass is 19.4. The van der Waals surface area contributed by atoms with Gasteiger partial charge in [-0.15, -0.1) is 0 Å². The first kappa shape index (κ1) is 11.5.